The van der Waals surface area contributed by atoms with E-state index < -0.39 is 6.04 Å². The summed E-state index contributed by atoms with van der Waals surface area (Å²) in [6.07, 6.45) is 3.57. The maximum Gasteiger partial charge on any atom is 0.253 e. The van der Waals surface area contributed by atoms with Crippen molar-refractivity contribution in [3.05, 3.63) is 23.5 Å². The van der Waals surface area contributed by atoms with Crippen LogP contribution in [0.3, 0.4) is 0 Å². The Morgan fingerprint density at radius 2 is 2.05 bits per heavy atom. The molecule has 0 saturated carbocycles. The minimum absolute atomic E-state index is 0.0367. The number of carbonyl (C=O) groups is 2. The lowest BCUT2D eigenvalue weighted by Crippen LogP contribution is -2.46. The van der Waals surface area contributed by atoms with Gasteiger partial charge in [-0.15, -0.1) is 0 Å². The number of nitrogens with zero attached hydrogens (tertiary/aromatic N) is 2. The molecule has 1 aliphatic rings. The summed E-state index contributed by atoms with van der Waals surface area (Å²) >= 11 is 0. The Balaban J connectivity index is 2.03. The molecule has 1 aromatic heterocycles. The van der Waals surface area contributed by atoms with Crippen molar-refractivity contribution in [2.45, 2.75) is 32.7 Å². The first-order valence-electron chi connectivity index (χ1n) is 6.81. The Morgan fingerprint density at radius 1 is 1.40 bits per heavy atom. The summed E-state index contributed by atoms with van der Waals surface area (Å²) in [7, 11) is 0. The maximum absolute atomic E-state index is 12.2. The van der Waals surface area contributed by atoms with Crippen LogP contribution in [0.1, 0.15) is 35.8 Å². The Bertz CT molecular complexity index is 524. The second-order valence-electron chi connectivity index (χ2n) is 5.13. The topological polar surface area (TPSA) is 88.3 Å². The lowest BCUT2D eigenvalue weighted by molar-refractivity contribution is -0.131. The van der Waals surface area contributed by atoms with Gasteiger partial charge in [-0.05, 0) is 32.8 Å². The van der Waals surface area contributed by atoms with E-state index in [1.807, 2.05) is 0 Å². The van der Waals surface area contributed by atoms with Gasteiger partial charge in [-0.25, -0.2) is 0 Å². The van der Waals surface area contributed by atoms with E-state index in [9.17, 15) is 9.59 Å². The number of hydrogen-bond acceptors (Lipinski definition) is 4. The van der Waals surface area contributed by atoms with Gasteiger partial charge in [0.25, 0.3) is 5.91 Å². The molecule has 2 amide bonds. The Labute approximate surface area is 118 Å². The average molecular weight is 276 g/mol. The number of nitrogen functional groups attached to an aromatic ring is 1. The van der Waals surface area contributed by atoms with E-state index in [2.05, 4.69) is 10.3 Å². The molecule has 0 radical (unpaired) electrons. The zero-order valence-corrected chi connectivity index (χ0v) is 11.8. The number of nitrogens with two attached hydrogens (primary N) is 1. The summed E-state index contributed by atoms with van der Waals surface area (Å²) in [5.41, 5.74) is 7.07. The third-order valence-corrected chi connectivity index (χ3v) is 3.49. The Hall–Kier alpha value is -2.11. The highest BCUT2D eigenvalue weighted by atomic mass is 16.2. The monoisotopic (exact) mass is 276 g/mol. The van der Waals surface area contributed by atoms with Gasteiger partial charge >= 0.3 is 0 Å². The van der Waals surface area contributed by atoms with Crippen molar-refractivity contribution in [3.8, 4) is 0 Å². The first-order chi connectivity index (χ1) is 9.49. The van der Waals surface area contributed by atoms with Crippen LogP contribution < -0.4 is 11.1 Å². The van der Waals surface area contributed by atoms with Gasteiger partial charge in [-0.1, -0.05) is 0 Å². The second kappa shape index (κ2) is 5.90. The van der Waals surface area contributed by atoms with Crippen LogP contribution in [-0.2, 0) is 4.79 Å². The molecule has 1 aliphatic heterocycles. The zero-order valence-electron chi connectivity index (χ0n) is 11.8. The molecular formula is C14H20N4O2. The molecule has 0 aromatic carbocycles. The summed E-state index contributed by atoms with van der Waals surface area (Å²) in [6, 6.07) is 1.03. The standard InChI is InChI=1S/C14H20N4O2/c1-9-12(7-11(15)8-16-9)13(19)17-10(2)14(20)18-5-3-4-6-18/h7-8,10H,3-6,15H2,1-2H3,(H,17,19). The Morgan fingerprint density at radius 3 is 2.70 bits per heavy atom. The van der Waals surface area contributed by atoms with Crippen molar-refractivity contribution < 1.29 is 9.59 Å². The van der Waals surface area contributed by atoms with E-state index >= 15 is 0 Å². The van der Waals surface area contributed by atoms with Crippen LogP contribution in [0.2, 0.25) is 0 Å². The fourth-order valence-electron chi connectivity index (χ4n) is 2.33. The molecule has 0 aliphatic carbocycles. The summed E-state index contributed by atoms with van der Waals surface area (Å²) in [5, 5.41) is 2.72. The number of pyridine rings is 1. The fourth-order valence-corrected chi connectivity index (χ4v) is 2.33. The quantitative estimate of drug-likeness (QED) is 0.851. The number of amides is 2. The molecule has 2 rings (SSSR count). The molecule has 3 N–H and O–H groups in total. The third-order valence-electron chi connectivity index (χ3n) is 3.49. The van der Waals surface area contributed by atoms with E-state index in [1.165, 1.54) is 6.20 Å². The first-order valence-corrected chi connectivity index (χ1v) is 6.81. The van der Waals surface area contributed by atoms with Gasteiger partial charge in [0.15, 0.2) is 0 Å². The zero-order chi connectivity index (χ0) is 14.7. The SMILES string of the molecule is Cc1ncc(N)cc1C(=O)NC(C)C(=O)N1CCCC1. The number of rotatable bonds is 3. The minimum atomic E-state index is -0.540. The molecule has 2 heterocycles. The molecule has 1 unspecified atom stereocenters. The van der Waals surface area contributed by atoms with Crippen molar-refractivity contribution in [3.63, 3.8) is 0 Å². The van der Waals surface area contributed by atoms with Crippen molar-refractivity contribution in [1.82, 2.24) is 15.2 Å². The molecule has 108 valence electrons. The highest BCUT2D eigenvalue weighted by Gasteiger charge is 2.25. The number of carbonyl (C=O) groups excluding carboxylic acids is 2. The smallest absolute Gasteiger partial charge is 0.253 e. The Kier molecular flexibility index (Phi) is 4.22. The summed E-state index contributed by atoms with van der Waals surface area (Å²) in [4.78, 5) is 30.1. The van der Waals surface area contributed by atoms with Gasteiger partial charge in [-0.2, -0.15) is 0 Å². The van der Waals surface area contributed by atoms with E-state index in [4.69, 9.17) is 5.73 Å². The maximum atomic E-state index is 12.2. The molecule has 1 aromatic rings. The molecule has 6 heteroatoms. The number of likely N-dealkylation sites (tertiary alicyclic amines) is 1. The van der Waals surface area contributed by atoms with Crippen molar-refractivity contribution in [2.75, 3.05) is 18.8 Å². The molecule has 0 bridgehead atoms. The van der Waals surface area contributed by atoms with Crippen LogP contribution in [0.25, 0.3) is 0 Å². The first kappa shape index (κ1) is 14.3. The predicted molar refractivity (Wildman–Crippen MR) is 76.1 cm³/mol. The minimum Gasteiger partial charge on any atom is -0.397 e. The van der Waals surface area contributed by atoms with Crippen molar-refractivity contribution >= 4 is 17.5 Å². The number of anilines is 1. The van der Waals surface area contributed by atoms with Crippen LogP contribution >= 0.6 is 0 Å². The van der Waals surface area contributed by atoms with Gasteiger partial charge in [0, 0.05) is 13.1 Å². The average Bonchev–Trinajstić information content (AvgIpc) is 2.94. The van der Waals surface area contributed by atoms with Crippen LogP contribution in [0.15, 0.2) is 12.3 Å². The van der Waals surface area contributed by atoms with Gasteiger partial charge in [0.2, 0.25) is 5.91 Å². The second-order valence-corrected chi connectivity index (χ2v) is 5.13. The third kappa shape index (κ3) is 3.07. The summed E-state index contributed by atoms with van der Waals surface area (Å²) in [5.74, 6) is -0.354. The van der Waals surface area contributed by atoms with Crippen LogP contribution in [0.4, 0.5) is 5.69 Å². The number of nitrogens with one attached hydrogen (secondary N) is 1. The molecule has 6 nitrogen and oxygen atoms in total. The van der Waals surface area contributed by atoms with E-state index in [0.29, 0.717) is 16.9 Å². The largest absolute Gasteiger partial charge is 0.397 e. The van der Waals surface area contributed by atoms with Gasteiger partial charge in [0.05, 0.1) is 23.1 Å². The fraction of sp³-hybridized carbons (Fsp3) is 0.500. The van der Waals surface area contributed by atoms with Crippen LogP contribution in [-0.4, -0.2) is 40.8 Å². The van der Waals surface area contributed by atoms with Gasteiger partial charge < -0.3 is 16.0 Å². The van der Waals surface area contributed by atoms with Crippen LogP contribution in [0.5, 0.6) is 0 Å². The normalized spacial score (nSPS) is 16.0. The predicted octanol–water partition coefficient (Wildman–Crippen LogP) is 0.713. The lowest BCUT2D eigenvalue weighted by atomic mass is 10.1. The highest BCUT2D eigenvalue weighted by molar-refractivity contribution is 5.98. The summed E-state index contributed by atoms with van der Waals surface area (Å²) < 4.78 is 0. The molecule has 1 saturated heterocycles. The van der Waals surface area contributed by atoms with Crippen molar-refractivity contribution in [1.29, 1.82) is 0 Å². The van der Waals surface area contributed by atoms with Crippen molar-refractivity contribution in [2.24, 2.45) is 0 Å². The molecule has 1 atom stereocenters. The molecule has 1 fully saturated rings. The molecular weight excluding hydrogens is 256 g/mol. The van der Waals surface area contributed by atoms with Crippen LogP contribution in [0, 0.1) is 6.92 Å². The van der Waals surface area contributed by atoms with Gasteiger partial charge in [-0.3, -0.25) is 14.6 Å². The lowest BCUT2D eigenvalue weighted by Gasteiger charge is -2.21. The van der Waals surface area contributed by atoms with Gasteiger partial charge in [0.1, 0.15) is 6.04 Å². The number of aryl methyl sites for hydroxylation is 1. The molecule has 20 heavy (non-hydrogen) atoms. The summed E-state index contributed by atoms with van der Waals surface area (Å²) in [6.45, 7) is 4.99. The highest BCUT2D eigenvalue weighted by Crippen LogP contribution is 2.11. The van der Waals surface area contributed by atoms with E-state index in [0.717, 1.165) is 25.9 Å². The number of aromatic nitrogens is 1. The number of hydrogen-bond donors (Lipinski definition) is 2. The molecule has 0 spiro atoms. The van der Waals surface area contributed by atoms with E-state index in [-0.39, 0.29) is 11.8 Å². The van der Waals surface area contributed by atoms with E-state index in [1.54, 1.807) is 24.8 Å².